The van der Waals surface area contributed by atoms with E-state index in [4.69, 9.17) is 19.6 Å². The van der Waals surface area contributed by atoms with Gasteiger partial charge in [-0.3, -0.25) is 19.8 Å². The van der Waals surface area contributed by atoms with Gasteiger partial charge in [-0.25, -0.2) is 0 Å². The third-order valence-corrected chi connectivity index (χ3v) is 6.25. The van der Waals surface area contributed by atoms with Crippen molar-refractivity contribution in [3.05, 3.63) is 57.5 Å². The summed E-state index contributed by atoms with van der Waals surface area (Å²) in [7, 11) is 2.72. The Balaban J connectivity index is 2.15. The number of nitrogens with one attached hydrogen (secondary N) is 1. The van der Waals surface area contributed by atoms with Gasteiger partial charge < -0.3 is 23.7 Å². The van der Waals surface area contributed by atoms with Gasteiger partial charge in [0.15, 0.2) is 5.92 Å². The summed E-state index contributed by atoms with van der Waals surface area (Å²) in [6, 6.07) is 8.66. The summed E-state index contributed by atoms with van der Waals surface area (Å²) >= 11 is 0. The van der Waals surface area contributed by atoms with Crippen LogP contribution in [-0.2, 0) is 31.0 Å². The maximum atomic E-state index is 14.1. The molecule has 2 unspecified atom stereocenters. The molecular formula is C23H25N3O6. The van der Waals surface area contributed by atoms with Gasteiger partial charge in [-0.05, 0) is 25.5 Å². The molecule has 1 aromatic heterocycles. The molecule has 1 aromatic carbocycles. The van der Waals surface area contributed by atoms with Crippen LogP contribution in [0.5, 0.6) is 5.75 Å². The Morgan fingerprint density at radius 2 is 1.97 bits per heavy atom. The summed E-state index contributed by atoms with van der Waals surface area (Å²) in [4.78, 5) is 42.4. The van der Waals surface area contributed by atoms with Crippen LogP contribution in [0.4, 0.5) is 5.69 Å². The van der Waals surface area contributed by atoms with Crippen molar-refractivity contribution in [3.8, 4) is 5.75 Å². The maximum absolute atomic E-state index is 14.1. The van der Waals surface area contributed by atoms with Crippen molar-refractivity contribution < 1.29 is 23.8 Å². The number of fused-ring (bicyclic) bond motifs is 4. The Morgan fingerprint density at radius 3 is 2.62 bits per heavy atom. The van der Waals surface area contributed by atoms with E-state index in [0.29, 0.717) is 23.5 Å². The molecule has 0 fully saturated rings. The predicted octanol–water partition coefficient (Wildman–Crippen LogP) is 1.61. The van der Waals surface area contributed by atoms with E-state index in [1.165, 1.54) is 23.7 Å². The number of hydrogen-bond acceptors (Lipinski definition) is 7. The molecule has 1 amide bonds. The van der Waals surface area contributed by atoms with E-state index in [1.807, 2.05) is 6.92 Å². The van der Waals surface area contributed by atoms with Gasteiger partial charge in [-0.1, -0.05) is 18.2 Å². The average molecular weight is 439 g/mol. The van der Waals surface area contributed by atoms with E-state index in [-0.39, 0.29) is 24.5 Å². The first kappa shape index (κ1) is 21.8. The number of benzene rings is 1. The Bertz CT molecular complexity index is 1190. The van der Waals surface area contributed by atoms with Crippen LogP contribution in [0.15, 0.2) is 35.1 Å². The number of methoxy groups -OCH3 is 2. The van der Waals surface area contributed by atoms with Gasteiger partial charge in [-0.15, -0.1) is 0 Å². The van der Waals surface area contributed by atoms with Crippen LogP contribution in [0.25, 0.3) is 0 Å². The van der Waals surface area contributed by atoms with Crippen LogP contribution < -0.4 is 15.2 Å². The van der Waals surface area contributed by atoms with E-state index >= 15 is 0 Å². The maximum Gasteiger partial charge on any atom is 0.319 e. The van der Waals surface area contributed by atoms with Crippen molar-refractivity contribution in [2.75, 3.05) is 32.3 Å². The number of hydrogen-bond donors (Lipinski definition) is 1. The van der Waals surface area contributed by atoms with Gasteiger partial charge in [0.2, 0.25) is 11.8 Å². The predicted molar refractivity (Wildman–Crippen MR) is 116 cm³/mol. The van der Waals surface area contributed by atoms with Crippen molar-refractivity contribution >= 4 is 23.5 Å². The molecule has 1 spiro atoms. The Hall–Kier alpha value is -3.46. The quantitative estimate of drug-likeness (QED) is 0.709. The van der Waals surface area contributed by atoms with Crippen LogP contribution in [0, 0.1) is 18.3 Å². The van der Waals surface area contributed by atoms with Crippen LogP contribution >= 0.6 is 0 Å². The lowest BCUT2D eigenvalue weighted by molar-refractivity contribution is -0.147. The number of pyridine rings is 1. The van der Waals surface area contributed by atoms with Crippen LogP contribution in [0.1, 0.15) is 23.7 Å². The van der Waals surface area contributed by atoms with E-state index in [9.17, 15) is 14.4 Å². The molecule has 0 aliphatic carbocycles. The highest BCUT2D eigenvalue weighted by atomic mass is 16.5. The second kappa shape index (κ2) is 7.90. The molecule has 2 atom stereocenters. The topological polar surface area (TPSA) is 111 Å². The number of aromatic nitrogens is 1. The molecule has 2 aromatic rings. The lowest BCUT2D eigenvalue weighted by Crippen LogP contribution is -2.58. The van der Waals surface area contributed by atoms with E-state index in [0.717, 1.165) is 0 Å². The van der Waals surface area contributed by atoms with E-state index in [2.05, 4.69) is 0 Å². The SMILES string of the molecule is CCN1C(=O)C2(c3ccccc31)c1c(cc(C)n(CCOC)c1=O)OC(=N)C2C(=O)OC. The molecule has 9 nitrogen and oxygen atoms in total. The molecule has 0 saturated carbocycles. The Labute approximate surface area is 185 Å². The number of carbonyl (C=O) groups is 2. The standard InChI is InChI=1S/C23H25N3O6/c1-5-25-15-9-7-6-8-14(15)23(22(25)29)17-16(32-19(24)18(23)21(28)31-4)12-13(2)26(20(17)27)10-11-30-3/h6-9,12,18,24H,5,10-11H2,1-4H3. The van der Waals surface area contributed by atoms with Crippen molar-refractivity contribution in [3.63, 3.8) is 0 Å². The Kier molecular flexibility index (Phi) is 5.37. The van der Waals surface area contributed by atoms with Crippen LogP contribution in [0.2, 0.25) is 0 Å². The summed E-state index contributed by atoms with van der Waals surface area (Å²) in [5.74, 6) is -3.03. The number of carbonyl (C=O) groups excluding carboxylic acids is 2. The molecule has 3 heterocycles. The van der Waals surface area contributed by atoms with Crippen molar-refractivity contribution in [2.24, 2.45) is 5.92 Å². The largest absolute Gasteiger partial charge is 0.468 e. The van der Waals surface area contributed by atoms with Gasteiger partial charge >= 0.3 is 5.97 Å². The number of ether oxygens (including phenoxy) is 3. The highest BCUT2D eigenvalue weighted by Gasteiger charge is 2.65. The summed E-state index contributed by atoms with van der Waals surface area (Å²) in [6.45, 7) is 4.44. The fourth-order valence-corrected chi connectivity index (χ4v) is 4.88. The molecular weight excluding hydrogens is 414 g/mol. The average Bonchev–Trinajstić information content (AvgIpc) is 3.01. The molecule has 168 valence electrons. The first-order valence-electron chi connectivity index (χ1n) is 10.3. The zero-order chi connectivity index (χ0) is 23.2. The summed E-state index contributed by atoms with van der Waals surface area (Å²) in [6.07, 6.45) is 0. The number of likely N-dealkylation sites (N-methyl/N-ethyl adjacent to an activating group) is 1. The normalized spacial score (nSPS) is 21.4. The smallest absolute Gasteiger partial charge is 0.319 e. The Morgan fingerprint density at radius 1 is 1.25 bits per heavy atom. The second-order valence-electron chi connectivity index (χ2n) is 7.77. The first-order valence-corrected chi connectivity index (χ1v) is 10.3. The molecule has 9 heteroatoms. The van der Waals surface area contributed by atoms with Crippen molar-refractivity contribution in [1.82, 2.24) is 4.57 Å². The molecule has 0 radical (unpaired) electrons. The molecule has 32 heavy (non-hydrogen) atoms. The third kappa shape index (κ3) is 2.74. The van der Waals surface area contributed by atoms with E-state index < -0.39 is 34.7 Å². The minimum atomic E-state index is -1.76. The number of esters is 1. The van der Waals surface area contributed by atoms with Gasteiger partial charge in [0, 0.05) is 37.6 Å². The minimum Gasteiger partial charge on any atom is -0.468 e. The fourth-order valence-electron chi connectivity index (χ4n) is 4.88. The van der Waals surface area contributed by atoms with E-state index in [1.54, 1.807) is 37.3 Å². The summed E-state index contributed by atoms with van der Waals surface area (Å²) < 4.78 is 17.3. The van der Waals surface area contributed by atoms with Crippen molar-refractivity contribution in [2.45, 2.75) is 25.8 Å². The highest BCUT2D eigenvalue weighted by molar-refractivity contribution is 6.18. The molecule has 4 rings (SSSR count). The molecule has 2 aliphatic heterocycles. The molecule has 2 aliphatic rings. The van der Waals surface area contributed by atoms with Gasteiger partial charge in [0.05, 0.1) is 19.3 Å². The summed E-state index contributed by atoms with van der Waals surface area (Å²) in [5.41, 5.74) is -0.507. The molecule has 0 saturated heterocycles. The van der Waals surface area contributed by atoms with Gasteiger partial charge in [-0.2, -0.15) is 0 Å². The van der Waals surface area contributed by atoms with Gasteiger partial charge in [0.1, 0.15) is 11.2 Å². The minimum absolute atomic E-state index is 0.0407. The lowest BCUT2D eigenvalue weighted by atomic mass is 9.64. The number of amides is 1. The molecule has 1 N–H and O–H groups in total. The fraction of sp³-hybridized carbons (Fsp3) is 0.391. The second-order valence-corrected chi connectivity index (χ2v) is 7.77. The van der Waals surface area contributed by atoms with Crippen LogP contribution in [-0.4, -0.2) is 49.7 Å². The molecule has 0 bridgehead atoms. The first-order chi connectivity index (χ1) is 15.3. The number of para-hydroxylation sites is 1. The number of rotatable bonds is 5. The lowest BCUT2D eigenvalue weighted by Gasteiger charge is -2.39. The monoisotopic (exact) mass is 439 g/mol. The zero-order valence-electron chi connectivity index (χ0n) is 18.4. The highest BCUT2D eigenvalue weighted by Crippen LogP contribution is 2.54. The van der Waals surface area contributed by atoms with Crippen LogP contribution in [0.3, 0.4) is 0 Å². The third-order valence-electron chi connectivity index (χ3n) is 6.25. The number of nitrogens with zero attached hydrogens (tertiary/aromatic N) is 2. The van der Waals surface area contributed by atoms with Gasteiger partial charge in [0.25, 0.3) is 5.56 Å². The number of aryl methyl sites for hydroxylation is 1. The summed E-state index contributed by atoms with van der Waals surface area (Å²) in [5, 5.41) is 8.54. The van der Waals surface area contributed by atoms with Crippen molar-refractivity contribution in [1.29, 1.82) is 5.41 Å². The number of anilines is 1. The zero-order valence-corrected chi connectivity index (χ0v) is 18.4.